The molecular formula is C33H36N4O5. The van der Waals surface area contributed by atoms with Crippen molar-refractivity contribution in [3.05, 3.63) is 89.0 Å². The quantitative estimate of drug-likeness (QED) is 0.138. The number of oxime groups is 1. The Balaban J connectivity index is 1.41. The van der Waals surface area contributed by atoms with Crippen molar-refractivity contribution in [1.82, 2.24) is 9.47 Å². The van der Waals surface area contributed by atoms with Crippen LogP contribution in [0.5, 0.6) is 0 Å². The van der Waals surface area contributed by atoms with Crippen LogP contribution in [0.2, 0.25) is 0 Å². The molecule has 3 heterocycles. The van der Waals surface area contributed by atoms with Crippen LogP contribution < -0.4 is 10.9 Å². The van der Waals surface area contributed by atoms with Crippen molar-refractivity contribution in [2.24, 2.45) is 5.16 Å². The fraction of sp³-hybridized carbons (Fsp3) is 0.333. The molecule has 0 radical (unpaired) electrons. The second kappa shape index (κ2) is 12.9. The topological polar surface area (TPSA) is 106 Å². The number of nitrogens with zero attached hydrogens (tertiary/aromatic N) is 3. The van der Waals surface area contributed by atoms with E-state index in [1.807, 2.05) is 30.3 Å². The molecule has 0 saturated carbocycles. The number of carbonyl (C=O) groups excluding carboxylic acids is 2. The molecule has 2 aromatic heterocycles. The van der Waals surface area contributed by atoms with Crippen molar-refractivity contribution in [2.45, 2.75) is 58.5 Å². The molecule has 1 aliphatic heterocycles. The minimum atomic E-state index is -0.889. The molecule has 9 nitrogen and oxygen atoms in total. The highest BCUT2D eigenvalue weighted by Crippen LogP contribution is 2.31. The lowest BCUT2D eigenvalue weighted by Gasteiger charge is -2.23. The van der Waals surface area contributed by atoms with Crippen molar-refractivity contribution in [2.75, 3.05) is 18.5 Å². The summed E-state index contributed by atoms with van der Waals surface area (Å²) in [6.07, 6.45) is 5.34. The van der Waals surface area contributed by atoms with Crippen molar-refractivity contribution in [1.29, 1.82) is 0 Å². The van der Waals surface area contributed by atoms with Gasteiger partial charge in [-0.05, 0) is 49.7 Å². The minimum absolute atomic E-state index is 0.0504. The molecule has 218 valence electrons. The zero-order valence-corrected chi connectivity index (χ0v) is 24.1. The van der Waals surface area contributed by atoms with E-state index in [-0.39, 0.29) is 31.0 Å². The number of aryl methyl sites for hydroxylation is 2. The molecule has 5 rings (SSSR count). The fourth-order valence-electron chi connectivity index (χ4n) is 5.55. The number of hydrogen-bond donors (Lipinski definition) is 1. The summed E-state index contributed by atoms with van der Waals surface area (Å²) in [5, 5.41) is 9.23. The number of aromatic nitrogens is 1. The van der Waals surface area contributed by atoms with Crippen molar-refractivity contribution >= 4 is 45.0 Å². The molecule has 1 N–H and O–H groups in total. The Morgan fingerprint density at radius 1 is 1.10 bits per heavy atom. The predicted molar refractivity (Wildman–Crippen MR) is 165 cm³/mol. The van der Waals surface area contributed by atoms with E-state index in [9.17, 15) is 14.4 Å². The molecule has 0 spiro atoms. The number of likely N-dealkylation sites (tertiary alicyclic amines) is 1. The summed E-state index contributed by atoms with van der Waals surface area (Å²) < 4.78 is 7.69. The van der Waals surface area contributed by atoms with Gasteiger partial charge in [0.15, 0.2) is 0 Å². The molecular weight excluding hydrogens is 532 g/mol. The number of nitrogens with one attached hydrogen (secondary N) is 1. The number of hydrogen-bond acceptors (Lipinski definition) is 6. The van der Waals surface area contributed by atoms with Crippen LogP contribution in [0.15, 0.2) is 81.6 Å². The van der Waals surface area contributed by atoms with E-state index >= 15 is 0 Å². The largest absolute Gasteiger partial charge is 0.427 e. The molecule has 2 aromatic carbocycles. The van der Waals surface area contributed by atoms with Gasteiger partial charge in [0, 0.05) is 46.9 Å². The lowest BCUT2D eigenvalue weighted by atomic mass is 10.1. The van der Waals surface area contributed by atoms with E-state index in [0.717, 1.165) is 47.6 Å². The van der Waals surface area contributed by atoms with Gasteiger partial charge in [0.2, 0.25) is 5.91 Å². The van der Waals surface area contributed by atoms with E-state index < -0.39 is 17.6 Å². The van der Waals surface area contributed by atoms with Crippen LogP contribution in [-0.4, -0.2) is 46.2 Å². The van der Waals surface area contributed by atoms with Gasteiger partial charge in [-0.25, -0.2) is 4.79 Å². The highest BCUT2D eigenvalue weighted by atomic mass is 16.6. The average Bonchev–Trinajstić information content (AvgIpc) is 3.56. The minimum Gasteiger partial charge on any atom is -0.427 e. The van der Waals surface area contributed by atoms with Crippen LogP contribution in [-0.2, 0) is 22.6 Å². The number of benzene rings is 2. The molecule has 1 fully saturated rings. The maximum absolute atomic E-state index is 13.7. The van der Waals surface area contributed by atoms with E-state index in [1.165, 1.54) is 11.0 Å². The van der Waals surface area contributed by atoms with Crippen LogP contribution in [0.1, 0.15) is 55.6 Å². The first-order valence-corrected chi connectivity index (χ1v) is 14.5. The van der Waals surface area contributed by atoms with Crippen LogP contribution in [0.25, 0.3) is 21.8 Å². The summed E-state index contributed by atoms with van der Waals surface area (Å²) in [5.41, 5.74) is 2.51. The maximum atomic E-state index is 13.7. The van der Waals surface area contributed by atoms with Gasteiger partial charge in [-0.2, -0.15) is 0 Å². The summed E-state index contributed by atoms with van der Waals surface area (Å²) in [7, 11) is 0. The summed E-state index contributed by atoms with van der Waals surface area (Å²) in [4.78, 5) is 46.7. The van der Waals surface area contributed by atoms with Gasteiger partial charge < -0.3 is 24.0 Å². The highest BCUT2D eigenvalue weighted by Gasteiger charge is 2.39. The number of rotatable bonds is 11. The van der Waals surface area contributed by atoms with Gasteiger partial charge in [-0.3, -0.25) is 9.59 Å². The van der Waals surface area contributed by atoms with E-state index in [1.54, 1.807) is 12.1 Å². The molecule has 4 aromatic rings. The molecule has 0 bridgehead atoms. The van der Waals surface area contributed by atoms with Crippen molar-refractivity contribution in [3.63, 3.8) is 0 Å². The molecule has 1 saturated heterocycles. The number of amides is 2. The third-order valence-corrected chi connectivity index (χ3v) is 7.60. The lowest BCUT2D eigenvalue weighted by Crippen LogP contribution is -2.44. The first-order valence-electron chi connectivity index (χ1n) is 14.5. The zero-order chi connectivity index (χ0) is 29.6. The van der Waals surface area contributed by atoms with Gasteiger partial charge in [0.05, 0.1) is 12.3 Å². The Kier molecular flexibility index (Phi) is 8.85. The van der Waals surface area contributed by atoms with E-state index in [4.69, 9.17) is 9.25 Å². The molecule has 0 unspecified atom stereocenters. The summed E-state index contributed by atoms with van der Waals surface area (Å²) in [5.74, 6) is -0.420. The summed E-state index contributed by atoms with van der Waals surface area (Å²) in [6, 6.07) is 16.2. The lowest BCUT2D eigenvalue weighted by molar-refractivity contribution is -0.119. The Hall–Kier alpha value is -4.66. The summed E-state index contributed by atoms with van der Waals surface area (Å²) in [6.45, 7) is 8.89. The van der Waals surface area contributed by atoms with Gasteiger partial charge >= 0.3 is 5.63 Å². The average molecular weight is 569 g/mol. The van der Waals surface area contributed by atoms with Gasteiger partial charge in [-0.1, -0.05) is 55.8 Å². The smallest absolute Gasteiger partial charge is 0.348 e. The maximum Gasteiger partial charge on any atom is 0.348 e. The van der Waals surface area contributed by atoms with E-state index in [2.05, 4.69) is 47.6 Å². The van der Waals surface area contributed by atoms with Gasteiger partial charge in [0.25, 0.3) is 5.91 Å². The number of carbonyl (C=O) groups is 2. The molecule has 1 aliphatic rings. The Labute approximate surface area is 244 Å². The second-order valence-corrected chi connectivity index (χ2v) is 10.4. The van der Waals surface area contributed by atoms with Crippen LogP contribution in [0, 0.1) is 0 Å². The SMILES string of the molecule is C=CCO/N=C1\C[C@@H](C(=O)Nc2ccc3c(c2)c2ccccc2n3CC)N(C(=O)c2ccc(CCCCC)oc2=O)C1. The number of fused-ring (bicyclic) bond motifs is 3. The Bertz CT molecular complexity index is 1720. The first-order chi connectivity index (χ1) is 20.4. The highest BCUT2D eigenvalue weighted by molar-refractivity contribution is 6.11. The monoisotopic (exact) mass is 568 g/mol. The van der Waals surface area contributed by atoms with E-state index in [0.29, 0.717) is 23.6 Å². The number of para-hydroxylation sites is 1. The van der Waals surface area contributed by atoms with Crippen LogP contribution in [0.4, 0.5) is 5.69 Å². The van der Waals surface area contributed by atoms with Gasteiger partial charge in [0.1, 0.15) is 24.0 Å². The third kappa shape index (κ3) is 5.86. The van der Waals surface area contributed by atoms with Crippen molar-refractivity contribution < 1.29 is 18.8 Å². The van der Waals surface area contributed by atoms with Crippen LogP contribution >= 0.6 is 0 Å². The number of unbranched alkanes of at least 4 members (excludes halogenated alkanes) is 2. The fourth-order valence-corrected chi connectivity index (χ4v) is 5.55. The molecule has 0 aliphatic carbocycles. The normalized spacial score (nSPS) is 15.9. The first kappa shape index (κ1) is 28.9. The third-order valence-electron chi connectivity index (χ3n) is 7.60. The van der Waals surface area contributed by atoms with Gasteiger partial charge in [-0.15, -0.1) is 0 Å². The second-order valence-electron chi connectivity index (χ2n) is 10.4. The summed E-state index contributed by atoms with van der Waals surface area (Å²) >= 11 is 0. The zero-order valence-electron chi connectivity index (χ0n) is 24.1. The van der Waals surface area contributed by atoms with Crippen LogP contribution in [0.3, 0.4) is 0 Å². The Morgan fingerprint density at radius 3 is 2.67 bits per heavy atom. The predicted octanol–water partition coefficient (Wildman–Crippen LogP) is 5.91. The molecule has 42 heavy (non-hydrogen) atoms. The van der Waals surface area contributed by atoms with Crippen molar-refractivity contribution in [3.8, 4) is 0 Å². The molecule has 9 heteroatoms. The Morgan fingerprint density at radius 2 is 1.90 bits per heavy atom. The molecule has 1 atom stereocenters. The number of anilines is 1. The molecule has 2 amide bonds. The standard InChI is InChI=1S/C33H36N4O5/c1-4-7-8-11-24-15-16-26(33(40)42-24)32(39)37-21-23(35-41-18-5-2)20-30(37)31(38)34-22-14-17-29-27(19-22)25-12-9-10-13-28(25)36(29)6-3/h5,9-10,12-17,19,30H,2,4,6-8,11,18,20-21H2,1,3H3,(H,34,38)/b35-23+/t30-/m0/s1.